The van der Waals surface area contributed by atoms with Crippen LogP contribution in [0, 0.1) is 0 Å². The molecule has 3 heterocycles. The second-order valence-electron chi connectivity index (χ2n) is 6.81. The van der Waals surface area contributed by atoms with Crippen molar-refractivity contribution in [2.24, 2.45) is 0 Å². The van der Waals surface area contributed by atoms with Crippen molar-refractivity contribution >= 4 is 33.0 Å². The van der Waals surface area contributed by atoms with E-state index in [0.717, 1.165) is 41.8 Å². The molecule has 0 aliphatic carbocycles. The Bertz CT molecular complexity index is 901. The lowest BCUT2D eigenvalue weighted by molar-refractivity contribution is -0.118. The van der Waals surface area contributed by atoms with E-state index in [1.807, 2.05) is 28.5 Å². The Balaban J connectivity index is 1.60. The summed E-state index contributed by atoms with van der Waals surface area (Å²) in [4.78, 5) is 15.9. The van der Waals surface area contributed by atoms with Crippen LogP contribution in [0.25, 0.3) is 0 Å². The maximum Gasteiger partial charge on any atom is 0.243 e. The molecule has 1 amide bonds. The fourth-order valence-electron chi connectivity index (χ4n) is 3.73. The molecule has 1 fully saturated rings. The standard InChI is InChI=1S/C19H22N2O3S2/c22-19(14-16-6-4-12-25-16)21-11-3-5-15-13-17(7-8-18(15)21)26(23,24)20-9-1-2-10-20/h4,6-8,12-13H,1-3,5,9-11,14H2. The number of benzene rings is 1. The second-order valence-corrected chi connectivity index (χ2v) is 9.78. The molecule has 4 rings (SSSR count). The molecule has 2 aromatic rings. The molecular weight excluding hydrogens is 368 g/mol. The van der Waals surface area contributed by atoms with Crippen molar-refractivity contribution in [2.75, 3.05) is 24.5 Å². The first-order valence-electron chi connectivity index (χ1n) is 9.01. The SMILES string of the molecule is O=C(Cc1cccs1)N1CCCc2cc(S(=O)(=O)N3CCCC3)ccc21. The minimum Gasteiger partial charge on any atom is -0.312 e. The summed E-state index contributed by atoms with van der Waals surface area (Å²) >= 11 is 1.58. The molecule has 0 saturated carbocycles. The van der Waals surface area contributed by atoms with Crippen LogP contribution in [0.15, 0.2) is 40.6 Å². The zero-order chi connectivity index (χ0) is 18.1. The molecule has 0 radical (unpaired) electrons. The predicted molar refractivity (Wildman–Crippen MR) is 103 cm³/mol. The van der Waals surface area contributed by atoms with E-state index in [2.05, 4.69) is 0 Å². The number of anilines is 1. The molecular formula is C19H22N2O3S2. The smallest absolute Gasteiger partial charge is 0.243 e. The van der Waals surface area contributed by atoms with Crippen molar-refractivity contribution in [1.29, 1.82) is 0 Å². The van der Waals surface area contributed by atoms with Crippen LogP contribution in [-0.4, -0.2) is 38.3 Å². The summed E-state index contributed by atoms with van der Waals surface area (Å²) in [5.41, 5.74) is 1.81. The van der Waals surface area contributed by atoms with Gasteiger partial charge in [0.05, 0.1) is 11.3 Å². The maximum absolute atomic E-state index is 12.8. The predicted octanol–water partition coefficient (Wildman–Crippen LogP) is 3.05. The lowest BCUT2D eigenvalue weighted by Crippen LogP contribution is -2.36. The van der Waals surface area contributed by atoms with Crippen LogP contribution >= 0.6 is 11.3 Å². The number of aryl methyl sites for hydroxylation is 1. The van der Waals surface area contributed by atoms with Crippen LogP contribution in [0.2, 0.25) is 0 Å². The van der Waals surface area contributed by atoms with E-state index in [1.165, 1.54) is 0 Å². The number of amides is 1. The van der Waals surface area contributed by atoms with Gasteiger partial charge in [0.15, 0.2) is 0 Å². The van der Waals surface area contributed by atoms with Gasteiger partial charge in [0.25, 0.3) is 0 Å². The summed E-state index contributed by atoms with van der Waals surface area (Å²) in [6.45, 7) is 1.89. The number of carbonyl (C=O) groups is 1. The second kappa shape index (κ2) is 7.13. The molecule has 26 heavy (non-hydrogen) atoms. The van der Waals surface area contributed by atoms with Crippen molar-refractivity contribution in [3.8, 4) is 0 Å². The van der Waals surface area contributed by atoms with Gasteiger partial charge in [-0.1, -0.05) is 6.07 Å². The van der Waals surface area contributed by atoms with E-state index in [0.29, 0.717) is 31.0 Å². The summed E-state index contributed by atoms with van der Waals surface area (Å²) < 4.78 is 27.2. The normalized spacial score (nSPS) is 18.1. The topological polar surface area (TPSA) is 57.7 Å². The van der Waals surface area contributed by atoms with E-state index < -0.39 is 10.0 Å². The Morgan fingerprint density at radius 1 is 1.08 bits per heavy atom. The highest BCUT2D eigenvalue weighted by Crippen LogP contribution is 2.31. The van der Waals surface area contributed by atoms with Crippen LogP contribution in [-0.2, 0) is 27.7 Å². The molecule has 0 spiro atoms. The number of nitrogens with zero attached hydrogens (tertiary/aromatic N) is 2. The molecule has 2 aliphatic heterocycles. The van der Waals surface area contributed by atoms with E-state index in [-0.39, 0.29) is 5.91 Å². The number of hydrogen-bond acceptors (Lipinski definition) is 4. The molecule has 7 heteroatoms. The Labute approximate surface area is 158 Å². The molecule has 1 aromatic carbocycles. The van der Waals surface area contributed by atoms with Gasteiger partial charge in [0.1, 0.15) is 0 Å². The molecule has 2 aliphatic rings. The highest BCUT2D eigenvalue weighted by Gasteiger charge is 2.29. The Morgan fingerprint density at radius 3 is 2.62 bits per heavy atom. The molecule has 0 unspecified atom stereocenters. The van der Waals surface area contributed by atoms with Gasteiger partial charge in [-0.3, -0.25) is 4.79 Å². The summed E-state index contributed by atoms with van der Waals surface area (Å²) in [6, 6.07) is 9.16. The highest BCUT2D eigenvalue weighted by atomic mass is 32.2. The molecule has 5 nitrogen and oxygen atoms in total. The van der Waals surface area contributed by atoms with Gasteiger partial charge < -0.3 is 4.90 Å². The van der Waals surface area contributed by atoms with Gasteiger partial charge in [0.2, 0.25) is 15.9 Å². The summed E-state index contributed by atoms with van der Waals surface area (Å²) in [7, 11) is -3.42. The van der Waals surface area contributed by atoms with Gasteiger partial charge in [-0.25, -0.2) is 8.42 Å². The lowest BCUT2D eigenvalue weighted by Gasteiger charge is -2.30. The van der Waals surface area contributed by atoms with Gasteiger partial charge >= 0.3 is 0 Å². The van der Waals surface area contributed by atoms with Gasteiger partial charge in [-0.2, -0.15) is 4.31 Å². The zero-order valence-electron chi connectivity index (χ0n) is 14.6. The Kier molecular flexibility index (Phi) is 4.86. The largest absolute Gasteiger partial charge is 0.312 e. The van der Waals surface area contributed by atoms with Crippen LogP contribution in [0.3, 0.4) is 0 Å². The van der Waals surface area contributed by atoms with Crippen LogP contribution in [0.5, 0.6) is 0 Å². The molecule has 0 N–H and O–H groups in total. The van der Waals surface area contributed by atoms with Crippen LogP contribution < -0.4 is 4.90 Å². The average molecular weight is 391 g/mol. The maximum atomic E-state index is 12.8. The van der Waals surface area contributed by atoms with Crippen molar-refractivity contribution in [3.63, 3.8) is 0 Å². The quantitative estimate of drug-likeness (QED) is 0.806. The Morgan fingerprint density at radius 2 is 1.88 bits per heavy atom. The molecule has 0 bridgehead atoms. The third-order valence-corrected chi connectivity index (χ3v) is 7.85. The van der Waals surface area contributed by atoms with Gasteiger partial charge in [-0.15, -0.1) is 11.3 Å². The first kappa shape index (κ1) is 17.7. The van der Waals surface area contributed by atoms with Crippen molar-refractivity contribution in [3.05, 3.63) is 46.2 Å². The fraction of sp³-hybridized carbons (Fsp3) is 0.421. The minimum absolute atomic E-state index is 0.0727. The summed E-state index contributed by atoms with van der Waals surface area (Å²) in [5.74, 6) is 0.0727. The zero-order valence-corrected chi connectivity index (χ0v) is 16.2. The van der Waals surface area contributed by atoms with Crippen molar-refractivity contribution < 1.29 is 13.2 Å². The fourth-order valence-corrected chi connectivity index (χ4v) is 5.99. The number of fused-ring (bicyclic) bond motifs is 1. The minimum atomic E-state index is -3.42. The number of thiophene rings is 1. The van der Waals surface area contributed by atoms with Crippen LogP contribution in [0.4, 0.5) is 5.69 Å². The third-order valence-electron chi connectivity index (χ3n) is 5.08. The first-order chi connectivity index (χ1) is 12.6. The van der Waals surface area contributed by atoms with Crippen LogP contribution in [0.1, 0.15) is 29.7 Å². The monoisotopic (exact) mass is 390 g/mol. The van der Waals surface area contributed by atoms with Crippen molar-refractivity contribution in [1.82, 2.24) is 4.31 Å². The van der Waals surface area contributed by atoms with E-state index in [1.54, 1.807) is 27.8 Å². The van der Waals surface area contributed by atoms with Crippen molar-refractivity contribution in [2.45, 2.75) is 37.0 Å². The third kappa shape index (κ3) is 3.31. The molecule has 1 saturated heterocycles. The average Bonchev–Trinajstić information content (AvgIpc) is 3.34. The van der Waals surface area contributed by atoms with E-state index in [9.17, 15) is 13.2 Å². The Hall–Kier alpha value is -1.70. The molecule has 138 valence electrons. The number of sulfonamides is 1. The number of rotatable bonds is 4. The summed E-state index contributed by atoms with van der Waals surface area (Å²) in [6.07, 6.45) is 3.91. The molecule has 0 atom stereocenters. The highest BCUT2D eigenvalue weighted by molar-refractivity contribution is 7.89. The summed E-state index contributed by atoms with van der Waals surface area (Å²) in [5, 5.41) is 1.97. The van der Waals surface area contributed by atoms with Gasteiger partial charge in [0, 0.05) is 30.2 Å². The first-order valence-corrected chi connectivity index (χ1v) is 11.3. The van der Waals surface area contributed by atoms with E-state index in [4.69, 9.17) is 0 Å². The number of hydrogen-bond donors (Lipinski definition) is 0. The van der Waals surface area contributed by atoms with E-state index >= 15 is 0 Å². The molecule has 1 aromatic heterocycles. The lowest BCUT2D eigenvalue weighted by atomic mass is 10.0. The number of carbonyl (C=O) groups excluding carboxylic acids is 1. The van der Waals surface area contributed by atoms with Gasteiger partial charge in [-0.05, 0) is 60.9 Å².